The zero-order chi connectivity index (χ0) is 99.4. The van der Waals surface area contributed by atoms with Crippen molar-refractivity contribution >= 4 is 22.7 Å². The van der Waals surface area contributed by atoms with Crippen molar-refractivity contribution in [3.05, 3.63) is 164 Å². The van der Waals surface area contributed by atoms with E-state index in [2.05, 4.69) is 391 Å². The van der Waals surface area contributed by atoms with Crippen molar-refractivity contribution in [3.63, 3.8) is 0 Å². The van der Waals surface area contributed by atoms with Gasteiger partial charge in [0.2, 0.25) is 0 Å². The minimum absolute atomic E-state index is 0.391. The molecule has 0 atom stereocenters. The first-order valence-corrected chi connectivity index (χ1v) is 53.5. The van der Waals surface area contributed by atoms with Crippen LogP contribution in [-0.2, 0) is 64.6 Å². The molecule has 9 aromatic heterocycles. The number of hydrogen-bond acceptors (Lipinski definition) is 14. The third kappa shape index (κ3) is 66.5. The Balaban J connectivity index is 0.00000144. The van der Waals surface area contributed by atoms with E-state index in [0.717, 1.165) is 158 Å². The maximum Gasteiger partial charge on any atom is 0.196 e. The topological polar surface area (TPSA) is 180 Å². The molecule has 0 aromatic carbocycles. The molecule has 0 radical (unpaired) electrons. The summed E-state index contributed by atoms with van der Waals surface area (Å²) in [7, 11) is 0. The lowest BCUT2D eigenvalue weighted by molar-refractivity contribution is 0.420. The molecule has 0 saturated heterocycles. The van der Waals surface area contributed by atoms with E-state index in [9.17, 15) is 0 Å². The van der Waals surface area contributed by atoms with Crippen molar-refractivity contribution in [1.82, 2.24) is 73.6 Å². The third-order valence-corrected chi connectivity index (χ3v) is 24.3. The minimum Gasteiger partial charge on any atom is -0.446 e. The largest absolute Gasteiger partial charge is 0.446 e. The maximum absolute atomic E-state index is 5.67. The Bertz CT molecular complexity index is 3340. The highest BCUT2D eigenvalue weighted by atomic mass is 32.1. The van der Waals surface area contributed by atoms with Gasteiger partial charge in [-0.3, -0.25) is 14.0 Å². The van der Waals surface area contributed by atoms with Gasteiger partial charge in [0, 0.05) is 115 Å². The summed E-state index contributed by atoms with van der Waals surface area (Å²) in [5.74, 6) is 16.2. The summed E-state index contributed by atoms with van der Waals surface area (Å²) in [6.45, 7) is 91.7. The number of imidazole rings is 2. The van der Waals surface area contributed by atoms with E-state index < -0.39 is 0 Å². The monoisotopic (exact) mass is 1850 g/mol. The maximum atomic E-state index is 5.67. The van der Waals surface area contributed by atoms with Gasteiger partial charge in [-0.05, 0) is 250 Å². The molecule has 0 saturated carbocycles. The van der Waals surface area contributed by atoms with Crippen LogP contribution in [0.15, 0.2) is 102 Å². The molecule has 9 aromatic rings. The van der Waals surface area contributed by atoms with E-state index in [-0.39, 0.29) is 0 Å². The van der Waals surface area contributed by atoms with Gasteiger partial charge in [-0.15, -0.1) is 27.8 Å². The second-order valence-electron chi connectivity index (χ2n) is 43.9. The Hall–Kier alpha value is -6.60. The zero-order valence-electron chi connectivity index (χ0n) is 92.0. The van der Waals surface area contributed by atoms with E-state index in [0.29, 0.717) is 47.6 Å². The van der Waals surface area contributed by atoms with Crippen LogP contribution in [0.25, 0.3) is 0 Å². The second kappa shape index (κ2) is 71.9. The fourth-order valence-electron chi connectivity index (χ4n) is 11.9. The Morgan fingerprint density at radius 1 is 0.336 bits per heavy atom. The molecule has 0 aliphatic carbocycles. The highest BCUT2D eigenvalue weighted by Gasteiger charge is 2.14. The van der Waals surface area contributed by atoms with Crippen LogP contribution in [0.5, 0.6) is 0 Å². The minimum atomic E-state index is 0.391. The summed E-state index contributed by atoms with van der Waals surface area (Å²) in [6.07, 6.45) is 56.1. The fourth-order valence-corrected chi connectivity index (χ4v) is 13.7. The van der Waals surface area contributed by atoms with Gasteiger partial charge in [0.15, 0.2) is 11.8 Å². The molecule has 0 aliphatic heterocycles. The smallest absolute Gasteiger partial charge is 0.196 e. The molecule has 0 spiro atoms. The Morgan fingerprint density at radius 3 is 1.29 bits per heavy atom. The summed E-state index contributed by atoms with van der Waals surface area (Å²) in [5, 5.41) is 19.5. The van der Waals surface area contributed by atoms with Gasteiger partial charge in [0.1, 0.15) is 11.5 Å². The van der Waals surface area contributed by atoms with Gasteiger partial charge >= 0.3 is 0 Å². The van der Waals surface area contributed by atoms with Crippen molar-refractivity contribution in [3.8, 4) is 0 Å². The van der Waals surface area contributed by atoms with Crippen LogP contribution in [0, 0.1) is 71.0 Å². The Morgan fingerprint density at radius 2 is 0.847 bits per heavy atom. The molecule has 0 fully saturated rings. The van der Waals surface area contributed by atoms with Gasteiger partial charge in [-0.1, -0.05) is 267 Å². The number of aromatic nitrogens is 15. The second-order valence-corrected chi connectivity index (χ2v) is 46.2. The van der Waals surface area contributed by atoms with E-state index in [1.165, 1.54) is 139 Å². The molecule has 750 valence electrons. The van der Waals surface area contributed by atoms with Crippen LogP contribution in [0.3, 0.4) is 0 Å². The third-order valence-electron chi connectivity index (χ3n) is 21.6. The lowest BCUT2D eigenvalue weighted by Gasteiger charge is -2.04. The normalized spacial score (nSPS) is 11.6. The van der Waals surface area contributed by atoms with Gasteiger partial charge in [-0.2, -0.15) is 10.2 Å². The first kappa shape index (κ1) is 124. The average Bonchev–Trinajstić information content (AvgIpc) is 1.77. The molecule has 0 aliphatic rings. The van der Waals surface area contributed by atoms with Gasteiger partial charge in [0.25, 0.3) is 0 Å². The number of thiazole rings is 2. The number of allylic oxidation sites excluding steroid dienone is 2. The average molecular weight is 1860 g/mol. The summed E-state index contributed by atoms with van der Waals surface area (Å²) in [5.41, 5.74) is 6.25. The number of nitrogens with zero attached hydrogens (tertiary/aromatic N) is 15. The van der Waals surface area contributed by atoms with Crippen molar-refractivity contribution in [2.24, 2.45) is 71.0 Å². The van der Waals surface area contributed by atoms with Crippen LogP contribution in [0.1, 0.15) is 486 Å². The first-order chi connectivity index (χ1) is 61.4. The number of rotatable bonds is 44. The van der Waals surface area contributed by atoms with Crippen LogP contribution in [0.2, 0.25) is 0 Å². The fraction of sp³-hybridized carbons (Fsp3) is 0.750. The van der Waals surface area contributed by atoms with Crippen LogP contribution >= 0.6 is 22.7 Å². The van der Waals surface area contributed by atoms with Crippen molar-refractivity contribution < 1.29 is 8.83 Å². The van der Waals surface area contributed by atoms with Crippen LogP contribution in [-0.4, -0.2) is 73.6 Å². The molecular weight excluding hydrogens is 1650 g/mol. The van der Waals surface area contributed by atoms with Crippen LogP contribution in [0.4, 0.5) is 0 Å². The molecule has 0 amide bonds. The molecule has 0 N–H and O–H groups in total. The van der Waals surface area contributed by atoms with Crippen molar-refractivity contribution in [1.29, 1.82) is 0 Å². The van der Waals surface area contributed by atoms with Gasteiger partial charge < -0.3 is 18.0 Å². The van der Waals surface area contributed by atoms with E-state index in [1.54, 1.807) is 0 Å². The Labute approximate surface area is 814 Å². The summed E-state index contributed by atoms with van der Waals surface area (Å²) in [6, 6.07) is 0.998. The Kier molecular flexibility index (Phi) is 68.2. The number of aryl methyl sites for hydroxylation is 10. The molecule has 19 heteroatoms. The molecule has 17 nitrogen and oxygen atoms in total. The number of oxazole rings is 2. The summed E-state index contributed by atoms with van der Waals surface area (Å²) < 4.78 is 21.6. The van der Waals surface area contributed by atoms with Gasteiger partial charge in [0.05, 0.1) is 64.5 Å². The highest BCUT2D eigenvalue weighted by Crippen LogP contribution is 2.28. The molecule has 0 bridgehead atoms. The van der Waals surface area contributed by atoms with Crippen LogP contribution < -0.4 is 0 Å². The SMILES string of the molecule is CC(C)CCC=CCCC(C)C.CC(C)CCc1cn(CCC(C)C)cn1.CC(C)CCc1cn(CCC(C)C)nn1.CC(C)CCc1cnc(CCC(C)C)o1.CC(C)CCc1cnc(CCC(C)C)s1.CC(C)CCc1cnn(CCC(C)C)c1.CC(C)c1cn(C(C)C)cn1.CC(C)c1cnc(C(C)C)o1.CC(C)c1cnc(C(C)C)s1.CC(C)c1cnn(C(C)C)c1. The number of hydrogen-bond donors (Lipinski definition) is 0. The molecular formula is C112H203N15O2S2. The molecule has 9 heterocycles. The standard InChI is InChI=1S/2C13H24N2.C13H23NO.C13H23NS.C12H23N3.C12H24.2C9H16N2.C9H15NO.C9H15NS/c1-11(2)5-6-13-9-15(10-14-13)8-7-12(3)4;1-11(2)5-6-13-9-14-15(10-13)8-7-12(3)4;2*1-10(2)5-7-12-9-14-13(15-12)8-6-11(3)4;1-10(2)5-6-12-9-15(14-13-12)8-7-11(3)4;1-11(2)9-7-5-6-8-10-12(3)4;1-7(2)9-5-11(6-10-9)8(3)4;1-7(2)9-5-10-11(6-9)8(3)4;2*1-6(2)8-5-10-9(11-8)7(3)4/h2*9-12H,5-8H2,1-4H3;3*9-11H,5-8H2,1-4H3;5-6,11-12H,7-10H2,1-4H3;2*5-8H,1-4H3;2*5-7H,1-4H3. The van der Waals surface area contributed by atoms with E-state index >= 15 is 0 Å². The quantitative estimate of drug-likeness (QED) is 0.0330. The highest BCUT2D eigenvalue weighted by molar-refractivity contribution is 7.12. The summed E-state index contributed by atoms with van der Waals surface area (Å²) >= 11 is 3.74. The van der Waals surface area contributed by atoms with Crippen molar-refractivity contribution in [2.75, 3.05) is 0 Å². The molecule has 9 rings (SSSR count). The molecule has 0 unspecified atom stereocenters. The predicted molar refractivity (Wildman–Crippen MR) is 569 cm³/mol. The lowest BCUT2D eigenvalue weighted by atomic mass is 10.1. The van der Waals surface area contributed by atoms with Gasteiger partial charge in [-0.25, -0.2) is 29.9 Å². The lowest BCUT2D eigenvalue weighted by Crippen LogP contribution is -2.01. The zero-order valence-corrected chi connectivity index (χ0v) is 93.7. The predicted octanol–water partition coefficient (Wildman–Crippen LogP) is 34.0. The van der Waals surface area contributed by atoms with Crippen molar-refractivity contribution in [2.45, 2.75) is 479 Å². The summed E-state index contributed by atoms with van der Waals surface area (Å²) in [4.78, 5) is 28.9. The molecule has 131 heavy (non-hydrogen) atoms. The van der Waals surface area contributed by atoms with E-state index in [1.807, 2.05) is 75.7 Å². The first-order valence-electron chi connectivity index (χ1n) is 51.9. The van der Waals surface area contributed by atoms with E-state index in [4.69, 9.17) is 8.83 Å².